The third-order valence-corrected chi connectivity index (χ3v) is 11.6. The van der Waals surface area contributed by atoms with Crippen LogP contribution >= 0.6 is 0 Å². The second kappa shape index (κ2) is 25.0. The molecule has 0 saturated carbocycles. The van der Waals surface area contributed by atoms with Crippen LogP contribution in [0.2, 0.25) is 0 Å². The first-order valence-corrected chi connectivity index (χ1v) is 23.3. The number of hydrogen-bond donors (Lipinski definition) is 5. The maximum Gasteiger partial charge on any atom is 0.175 e. The summed E-state index contributed by atoms with van der Waals surface area (Å²) < 4.78 is 26.6. The van der Waals surface area contributed by atoms with Crippen LogP contribution in [0.5, 0.6) is 0 Å². The van der Waals surface area contributed by atoms with E-state index in [4.69, 9.17) is 0 Å². The molecule has 4 heterocycles. The Morgan fingerprint density at radius 1 is 0.574 bits per heavy atom. The van der Waals surface area contributed by atoms with Crippen molar-refractivity contribution in [3.8, 4) is 0 Å². The van der Waals surface area contributed by atoms with Crippen molar-refractivity contribution in [1.82, 2.24) is 59.4 Å². The maximum atomic E-state index is 11.6. The molecule has 1 aromatic carbocycles. The fourth-order valence-electron chi connectivity index (χ4n) is 7.56. The Balaban J connectivity index is 0.000000276. The van der Waals surface area contributed by atoms with Crippen molar-refractivity contribution in [2.45, 2.75) is 83.2 Å². The number of β-amino-alcohol motifs (C(OH)–C–C–N with tert-alkyl or cyclic N) is 4. The van der Waals surface area contributed by atoms with Crippen molar-refractivity contribution < 1.29 is 34.0 Å². The Labute approximate surface area is 362 Å². The molecule has 0 aliphatic carbocycles. The first kappa shape index (κ1) is 50.2. The van der Waals surface area contributed by atoms with E-state index in [2.05, 4.69) is 56.6 Å². The van der Waals surface area contributed by atoms with E-state index in [1.165, 1.54) is 6.26 Å². The summed E-state index contributed by atoms with van der Waals surface area (Å²) in [5.41, 5.74) is 2.67. The summed E-state index contributed by atoms with van der Waals surface area (Å²) in [7, 11) is -3.21. The third-order valence-electron chi connectivity index (χ3n) is 10.5. The quantitative estimate of drug-likeness (QED) is 0.108. The molecule has 0 amide bonds. The molecule has 2 aromatic heterocycles. The second-order valence-corrected chi connectivity index (χ2v) is 19.0. The van der Waals surface area contributed by atoms with Crippen molar-refractivity contribution in [3.63, 3.8) is 0 Å². The fourth-order valence-corrected chi connectivity index (χ4v) is 8.19. The van der Waals surface area contributed by atoms with Crippen LogP contribution in [0.4, 0.5) is 0 Å². The van der Waals surface area contributed by atoms with Crippen LogP contribution in [0.15, 0.2) is 53.9 Å². The number of aliphatic hydroxyl groups is 5. The van der Waals surface area contributed by atoms with Crippen LogP contribution < -0.4 is 0 Å². The van der Waals surface area contributed by atoms with Gasteiger partial charge in [-0.3, -0.25) is 29.4 Å². The highest BCUT2D eigenvalue weighted by Crippen LogP contribution is 2.13. The van der Waals surface area contributed by atoms with Gasteiger partial charge in [-0.1, -0.05) is 29.1 Å². The van der Waals surface area contributed by atoms with Crippen LogP contribution in [0.1, 0.15) is 44.6 Å². The number of sulfone groups is 1. The third kappa shape index (κ3) is 19.7. The van der Waals surface area contributed by atoms with Crippen molar-refractivity contribution in [3.05, 3.63) is 65.9 Å². The smallest absolute Gasteiger partial charge is 0.175 e. The number of rotatable bonds is 17. The number of allylic oxidation sites excluding steroid dienone is 1. The zero-order valence-electron chi connectivity index (χ0n) is 37.0. The summed E-state index contributed by atoms with van der Waals surface area (Å²) in [6.07, 6.45) is 3.46. The molecule has 2 fully saturated rings. The standard InChI is InChI=1S/C23H38N6O4S.C18H34N6O3/c1-19(30)14-26-8-9-27(15-20(2)31)11-13-28(12-10-26)17-22-18-29(25-24-22)16-21-4-6-23(7-5-21)34(3,32)33;1-15(25)10-21-4-5-22(11-16(2)26)7-9-23(8-6-21)13-18-14-24(20-19-18)12-17(3)27/h4-7,18-20,30-31H,8-17H2,1-3H3;14-16,25-27H,3-13H2,1-2H3/t19-,20-;15-,16-/m00/s1. The minimum Gasteiger partial charge on any atom is -0.511 e. The van der Waals surface area contributed by atoms with Crippen molar-refractivity contribution in [2.75, 3.05) is 111 Å². The van der Waals surface area contributed by atoms with Gasteiger partial charge < -0.3 is 25.5 Å². The summed E-state index contributed by atoms with van der Waals surface area (Å²) in [6.45, 7) is 25.7. The fraction of sp³-hybridized carbons (Fsp3) is 0.707. The average Bonchev–Trinajstić information content (AvgIpc) is 3.83. The van der Waals surface area contributed by atoms with E-state index in [0.29, 0.717) is 50.7 Å². The van der Waals surface area contributed by atoms with Crippen LogP contribution in [-0.2, 0) is 36.0 Å². The molecule has 61 heavy (non-hydrogen) atoms. The highest BCUT2D eigenvalue weighted by molar-refractivity contribution is 7.90. The lowest BCUT2D eigenvalue weighted by molar-refractivity contribution is 0.102. The number of nitrogens with zero attached hydrogens (tertiary/aromatic N) is 12. The van der Waals surface area contributed by atoms with E-state index in [9.17, 15) is 34.0 Å². The Morgan fingerprint density at radius 3 is 1.23 bits per heavy atom. The molecule has 4 atom stereocenters. The van der Waals surface area contributed by atoms with E-state index in [-0.39, 0.29) is 36.7 Å². The van der Waals surface area contributed by atoms with E-state index in [1.54, 1.807) is 33.6 Å². The lowest BCUT2D eigenvalue weighted by Crippen LogP contribution is -2.41. The highest BCUT2D eigenvalue weighted by Gasteiger charge is 2.21. The van der Waals surface area contributed by atoms with E-state index >= 15 is 0 Å². The van der Waals surface area contributed by atoms with E-state index in [1.807, 2.05) is 40.1 Å². The Morgan fingerprint density at radius 2 is 0.902 bits per heavy atom. The van der Waals surface area contributed by atoms with E-state index < -0.39 is 9.84 Å². The first-order valence-electron chi connectivity index (χ1n) is 21.4. The van der Waals surface area contributed by atoms with Gasteiger partial charge in [-0.25, -0.2) is 17.8 Å². The van der Waals surface area contributed by atoms with Crippen molar-refractivity contribution >= 4 is 9.84 Å². The molecule has 2 saturated heterocycles. The second-order valence-electron chi connectivity index (χ2n) is 16.9. The van der Waals surface area contributed by atoms with Gasteiger partial charge in [0, 0.05) is 124 Å². The number of benzene rings is 1. The average molecular weight is 877 g/mol. The molecule has 20 heteroatoms. The zero-order chi connectivity index (χ0) is 44.5. The molecule has 0 spiro atoms. The number of aromatic nitrogens is 6. The zero-order valence-corrected chi connectivity index (χ0v) is 37.8. The lowest BCUT2D eigenvalue weighted by Gasteiger charge is -2.27. The first-order chi connectivity index (χ1) is 28.9. The minimum atomic E-state index is -3.21. The van der Waals surface area contributed by atoms with Crippen LogP contribution in [0, 0.1) is 0 Å². The van der Waals surface area contributed by atoms with Crippen LogP contribution in [0.3, 0.4) is 0 Å². The highest BCUT2D eigenvalue weighted by atomic mass is 32.2. The monoisotopic (exact) mass is 877 g/mol. The molecule has 5 rings (SSSR count). The Kier molecular flexibility index (Phi) is 20.6. The molecule has 0 unspecified atom stereocenters. The largest absolute Gasteiger partial charge is 0.511 e. The molecule has 2 aliphatic rings. The van der Waals surface area contributed by atoms with Crippen LogP contribution in [0.25, 0.3) is 0 Å². The van der Waals surface area contributed by atoms with Gasteiger partial charge in [0.05, 0.1) is 66.2 Å². The van der Waals surface area contributed by atoms with Gasteiger partial charge in [0.2, 0.25) is 0 Å². The van der Waals surface area contributed by atoms with Gasteiger partial charge in [0.15, 0.2) is 9.84 Å². The molecular weight excluding hydrogens is 805 g/mol. The van der Waals surface area contributed by atoms with Crippen molar-refractivity contribution in [1.29, 1.82) is 0 Å². The van der Waals surface area contributed by atoms with Crippen molar-refractivity contribution in [2.24, 2.45) is 0 Å². The molecule has 0 bridgehead atoms. The molecule has 5 N–H and O–H groups in total. The SMILES string of the molecule is C=C(O)Cn1cc(CN2CCN(C[C@H](C)O)CCN(C[C@H](C)O)CC2)nn1.C[C@H](O)CN1CCN(Cc2cn(Cc3ccc(S(C)(=O)=O)cc3)nn2)CCN(C[C@H](C)O)CC1. The van der Waals surface area contributed by atoms with Gasteiger partial charge in [0.25, 0.3) is 0 Å². The minimum absolute atomic E-state index is 0.0525. The number of aliphatic hydroxyl groups excluding tert-OH is 5. The van der Waals surface area contributed by atoms with Gasteiger partial charge in [-0.05, 0) is 45.4 Å². The Hall–Kier alpha value is -3.41. The Bertz CT molecular complexity index is 1780. The molecule has 344 valence electrons. The molecule has 0 radical (unpaired) electrons. The van der Waals surface area contributed by atoms with E-state index in [0.717, 1.165) is 95.5 Å². The lowest BCUT2D eigenvalue weighted by atomic mass is 10.2. The predicted molar refractivity (Wildman–Crippen MR) is 234 cm³/mol. The van der Waals surface area contributed by atoms with Gasteiger partial charge in [-0.15, -0.1) is 10.2 Å². The normalized spacial score (nSPS) is 19.9. The van der Waals surface area contributed by atoms with Gasteiger partial charge in [-0.2, -0.15) is 0 Å². The molecule has 2 aliphatic heterocycles. The summed E-state index contributed by atoms with van der Waals surface area (Å²) in [5, 5.41) is 65.4. The van der Waals surface area contributed by atoms with Crippen LogP contribution in [-0.4, -0.2) is 229 Å². The summed E-state index contributed by atoms with van der Waals surface area (Å²) in [6, 6.07) is 6.83. The number of hydrogen-bond acceptors (Lipinski definition) is 17. The summed E-state index contributed by atoms with van der Waals surface area (Å²) >= 11 is 0. The molecule has 19 nitrogen and oxygen atoms in total. The van der Waals surface area contributed by atoms with Gasteiger partial charge >= 0.3 is 0 Å². The predicted octanol–water partition coefficient (Wildman–Crippen LogP) is -0.558. The summed E-state index contributed by atoms with van der Waals surface area (Å²) in [5.74, 6) is 0.0525. The summed E-state index contributed by atoms with van der Waals surface area (Å²) in [4.78, 5) is 14.0. The molecular formula is C41H72N12O7S. The maximum absolute atomic E-state index is 11.6. The molecule has 3 aromatic rings. The topological polar surface area (TPSA) is 216 Å². The van der Waals surface area contributed by atoms with Gasteiger partial charge in [0.1, 0.15) is 5.76 Å².